The molecule has 3 aliphatic heterocycles. The van der Waals surface area contributed by atoms with Gasteiger partial charge >= 0.3 is 0 Å². The molecule has 6 heteroatoms. The zero-order valence-electron chi connectivity index (χ0n) is 17.2. The number of hydrogen-bond donors (Lipinski definition) is 2. The Balaban J connectivity index is 1.29. The third kappa shape index (κ3) is 3.39. The van der Waals surface area contributed by atoms with Gasteiger partial charge in [0.2, 0.25) is 0 Å². The first kappa shape index (κ1) is 19.2. The van der Waals surface area contributed by atoms with Gasteiger partial charge in [0.15, 0.2) is 11.5 Å². The molecule has 2 N–H and O–H groups in total. The summed E-state index contributed by atoms with van der Waals surface area (Å²) in [5.74, 6) is 1.84. The molecule has 3 aliphatic rings. The van der Waals surface area contributed by atoms with Gasteiger partial charge in [-0.2, -0.15) is 5.01 Å². The van der Waals surface area contributed by atoms with Crippen LogP contribution in [0.3, 0.4) is 0 Å². The molecule has 2 aromatic carbocycles. The number of likely N-dealkylation sites (tertiary alicyclic amines) is 1. The Kier molecular flexibility index (Phi) is 4.67. The van der Waals surface area contributed by atoms with Gasteiger partial charge in [-0.1, -0.05) is 46.3 Å². The van der Waals surface area contributed by atoms with Gasteiger partial charge < -0.3 is 19.5 Å². The minimum absolute atomic E-state index is 0.108. The van der Waals surface area contributed by atoms with Crippen LogP contribution in [0.2, 0.25) is 0 Å². The Bertz CT molecular complexity index is 1110. The standard InChI is InChI=1S/C25H24BrN3O2/c26-19-8-9-23-20(15-19)22-16-21(24-7-4-14-30-24)27-29(22)25(31-23)10-12-28(13-11-25)17-18-5-2-1-3-6-18/h1-9,14-16,22,27H,10-13,17H2/p+1. The normalized spacial score (nSPS) is 27.2. The fourth-order valence-corrected chi connectivity index (χ4v) is 5.50. The highest BCUT2D eigenvalue weighted by molar-refractivity contribution is 9.10. The van der Waals surface area contributed by atoms with Crippen molar-refractivity contribution in [3.63, 3.8) is 0 Å². The summed E-state index contributed by atoms with van der Waals surface area (Å²) in [7, 11) is 0. The van der Waals surface area contributed by atoms with Gasteiger partial charge in [-0.15, -0.1) is 0 Å². The van der Waals surface area contributed by atoms with Crippen molar-refractivity contribution in [2.24, 2.45) is 0 Å². The van der Waals surface area contributed by atoms with Gasteiger partial charge in [0, 0.05) is 15.6 Å². The number of fused-ring (bicyclic) bond motifs is 4. The van der Waals surface area contributed by atoms with Crippen LogP contribution < -0.4 is 15.1 Å². The van der Waals surface area contributed by atoms with E-state index in [1.165, 1.54) is 11.1 Å². The van der Waals surface area contributed by atoms with Crippen LogP contribution in [0.25, 0.3) is 5.70 Å². The predicted molar refractivity (Wildman–Crippen MR) is 122 cm³/mol. The number of nitrogens with one attached hydrogen (secondary N) is 2. The molecule has 31 heavy (non-hydrogen) atoms. The monoisotopic (exact) mass is 478 g/mol. The van der Waals surface area contributed by atoms with E-state index < -0.39 is 0 Å². The van der Waals surface area contributed by atoms with E-state index in [0.29, 0.717) is 0 Å². The number of hydrazine groups is 1. The van der Waals surface area contributed by atoms with Gasteiger partial charge in [0.05, 0.1) is 43.9 Å². The number of benzene rings is 2. The lowest BCUT2D eigenvalue weighted by Gasteiger charge is -2.50. The molecule has 5 nitrogen and oxygen atoms in total. The van der Waals surface area contributed by atoms with E-state index >= 15 is 0 Å². The van der Waals surface area contributed by atoms with Crippen LogP contribution in [-0.2, 0) is 6.54 Å². The molecular weight excluding hydrogens is 454 g/mol. The molecule has 1 spiro atoms. The van der Waals surface area contributed by atoms with Crippen molar-refractivity contribution in [1.29, 1.82) is 0 Å². The fraction of sp³-hybridized carbons (Fsp3) is 0.280. The summed E-state index contributed by atoms with van der Waals surface area (Å²) in [5.41, 5.74) is 6.84. The number of furan rings is 1. The lowest BCUT2D eigenvalue weighted by atomic mass is 9.92. The maximum atomic E-state index is 6.76. The van der Waals surface area contributed by atoms with Gasteiger partial charge in [-0.25, -0.2) is 0 Å². The van der Waals surface area contributed by atoms with Crippen molar-refractivity contribution >= 4 is 21.6 Å². The van der Waals surface area contributed by atoms with Crippen molar-refractivity contribution in [1.82, 2.24) is 10.4 Å². The number of halogens is 1. The highest BCUT2D eigenvalue weighted by Gasteiger charge is 2.53. The van der Waals surface area contributed by atoms with Crippen molar-refractivity contribution < 1.29 is 14.1 Å². The second kappa shape index (κ2) is 7.55. The van der Waals surface area contributed by atoms with E-state index in [2.05, 4.69) is 81.0 Å². The Morgan fingerprint density at radius 2 is 1.90 bits per heavy atom. The zero-order chi connectivity index (χ0) is 20.8. The number of quaternary nitrogens is 1. The summed E-state index contributed by atoms with van der Waals surface area (Å²) >= 11 is 3.63. The van der Waals surface area contributed by atoms with Crippen molar-refractivity contribution in [2.45, 2.75) is 31.2 Å². The summed E-state index contributed by atoms with van der Waals surface area (Å²) in [6.45, 7) is 3.21. The van der Waals surface area contributed by atoms with Crippen LogP contribution >= 0.6 is 15.9 Å². The van der Waals surface area contributed by atoms with E-state index in [-0.39, 0.29) is 11.8 Å². The molecule has 0 radical (unpaired) electrons. The molecule has 6 rings (SSSR count). The highest BCUT2D eigenvalue weighted by atomic mass is 79.9. The molecule has 1 fully saturated rings. The highest BCUT2D eigenvalue weighted by Crippen LogP contribution is 2.48. The van der Waals surface area contributed by atoms with Crippen molar-refractivity contribution in [3.05, 3.63) is 94.4 Å². The fourth-order valence-electron chi connectivity index (χ4n) is 5.12. The molecule has 0 bridgehead atoms. The molecule has 1 saturated heterocycles. The summed E-state index contributed by atoms with van der Waals surface area (Å²) in [6.07, 6.45) is 5.91. The van der Waals surface area contributed by atoms with E-state index in [4.69, 9.17) is 9.15 Å². The maximum absolute atomic E-state index is 6.76. The van der Waals surface area contributed by atoms with Gasteiger partial charge in [-0.05, 0) is 36.4 Å². The minimum Gasteiger partial charge on any atom is -0.470 e. The molecule has 158 valence electrons. The Morgan fingerprint density at radius 1 is 1.06 bits per heavy atom. The van der Waals surface area contributed by atoms with Crippen LogP contribution in [-0.4, -0.2) is 23.8 Å². The molecule has 3 aromatic rings. The van der Waals surface area contributed by atoms with Crippen LogP contribution in [0.5, 0.6) is 5.75 Å². The third-order valence-electron chi connectivity index (χ3n) is 6.70. The van der Waals surface area contributed by atoms with Gasteiger partial charge in [-0.3, -0.25) is 0 Å². The van der Waals surface area contributed by atoms with E-state index in [9.17, 15) is 0 Å². The van der Waals surface area contributed by atoms with Crippen LogP contribution in [0.4, 0.5) is 0 Å². The number of ether oxygens (including phenoxy) is 1. The molecule has 1 atom stereocenters. The van der Waals surface area contributed by atoms with Gasteiger partial charge in [0.25, 0.3) is 0 Å². The lowest BCUT2D eigenvalue weighted by Crippen LogP contribution is -3.12. The summed E-state index contributed by atoms with van der Waals surface area (Å²) in [5, 5.41) is 2.32. The molecule has 1 aromatic heterocycles. The number of nitrogens with zero attached hydrogens (tertiary/aromatic N) is 1. The summed E-state index contributed by atoms with van der Waals surface area (Å²) < 4.78 is 13.5. The second-order valence-corrected chi connectivity index (χ2v) is 9.54. The maximum Gasteiger partial charge on any atom is 0.191 e. The topological polar surface area (TPSA) is 42.1 Å². The zero-order valence-corrected chi connectivity index (χ0v) is 18.8. The van der Waals surface area contributed by atoms with Gasteiger partial charge in [0.1, 0.15) is 12.3 Å². The average Bonchev–Trinajstić information content (AvgIpc) is 3.47. The van der Waals surface area contributed by atoms with E-state index in [0.717, 1.165) is 54.2 Å². The molecule has 0 aliphatic carbocycles. The Hall–Kier alpha value is -2.54. The summed E-state index contributed by atoms with van der Waals surface area (Å²) in [4.78, 5) is 1.61. The Labute approximate surface area is 190 Å². The molecular formula is C25H25BrN3O2+. The van der Waals surface area contributed by atoms with Crippen LogP contribution in [0.15, 0.2) is 81.9 Å². The first-order valence-corrected chi connectivity index (χ1v) is 11.7. The SMILES string of the molecule is Brc1ccc2c(c1)C1C=C(c3ccco3)NN1C1(CC[NH+](Cc3ccccc3)CC1)O2. The van der Waals surface area contributed by atoms with Crippen molar-refractivity contribution in [3.8, 4) is 5.75 Å². The smallest absolute Gasteiger partial charge is 0.191 e. The van der Waals surface area contributed by atoms with E-state index in [1.54, 1.807) is 11.2 Å². The number of piperidine rings is 1. The second-order valence-electron chi connectivity index (χ2n) is 8.63. The molecule has 4 heterocycles. The summed E-state index contributed by atoms with van der Waals surface area (Å²) in [6, 6.07) is 21.1. The predicted octanol–water partition coefficient (Wildman–Crippen LogP) is 3.91. The van der Waals surface area contributed by atoms with E-state index in [1.807, 2.05) is 12.1 Å². The molecule has 1 unspecified atom stereocenters. The molecule has 0 saturated carbocycles. The van der Waals surface area contributed by atoms with Crippen LogP contribution in [0.1, 0.15) is 35.8 Å². The molecule has 0 amide bonds. The quantitative estimate of drug-likeness (QED) is 0.598. The minimum atomic E-state index is -0.365. The Morgan fingerprint density at radius 3 is 2.68 bits per heavy atom. The number of rotatable bonds is 3. The lowest BCUT2D eigenvalue weighted by molar-refractivity contribution is -0.921. The first-order valence-electron chi connectivity index (χ1n) is 10.9. The largest absolute Gasteiger partial charge is 0.470 e. The first-order chi connectivity index (χ1) is 15.2. The third-order valence-corrected chi connectivity index (χ3v) is 7.19. The number of hydrogen-bond acceptors (Lipinski definition) is 4. The van der Waals surface area contributed by atoms with Crippen LogP contribution in [0, 0.1) is 0 Å². The van der Waals surface area contributed by atoms with Crippen molar-refractivity contribution in [2.75, 3.05) is 13.1 Å². The average molecular weight is 479 g/mol.